The summed E-state index contributed by atoms with van der Waals surface area (Å²) in [6.45, 7) is 0.439. The van der Waals surface area contributed by atoms with Gasteiger partial charge in [0.2, 0.25) is 5.91 Å². The lowest BCUT2D eigenvalue weighted by atomic mass is 10.2. The van der Waals surface area contributed by atoms with Crippen molar-refractivity contribution in [3.05, 3.63) is 0 Å². The molecule has 1 aliphatic carbocycles. The summed E-state index contributed by atoms with van der Waals surface area (Å²) >= 11 is 1.49. The minimum atomic E-state index is -0.933. The van der Waals surface area contributed by atoms with Crippen LogP contribution in [0.1, 0.15) is 25.7 Å². The quantitative estimate of drug-likeness (QED) is 0.675. The van der Waals surface area contributed by atoms with Crippen molar-refractivity contribution in [2.75, 3.05) is 31.8 Å². The standard InChI is InChI=1S/C12H21NO4S/c1-17-6-7-18-9-11(14)13(8-12(15)16)10-4-2-3-5-10/h10H,2-9H2,1H3,(H,15,16). The molecule has 0 atom stereocenters. The molecule has 1 aliphatic rings. The zero-order valence-electron chi connectivity index (χ0n) is 10.8. The fourth-order valence-electron chi connectivity index (χ4n) is 2.17. The zero-order valence-corrected chi connectivity index (χ0v) is 11.6. The Morgan fingerprint density at radius 3 is 2.61 bits per heavy atom. The smallest absolute Gasteiger partial charge is 0.323 e. The van der Waals surface area contributed by atoms with Gasteiger partial charge in [-0.15, -0.1) is 11.8 Å². The predicted octanol–water partition coefficient (Wildman–Crippen LogP) is 1.22. The van der Waals surface area contributed by atoms with Crippen LogP contribution in [-0.4, -0.2) is 59.7 Å². The second kappa shape index (κ2) is 8.37. The van der Waals surface area contributed by atoms with E-state index >= 15 is 0 Å². The van der Waals surface area contributed by atoms with Crippen molar-refractivity contribution in [3.63, 3.8) is 0 Å². The lowest BCUT2D eigenvalue weighted by molar-refractivity contribution is -0.145. The summed E-state index contributed by atoms with van der Waals surface area (Å²) in [5, 5.41) is 8.88. The van der Waals surface area contributed by atoms with Crippen LogP contribution in [0.4, 0.5) is 0 Å². The summed E-state index contributed by atoms with van der Waals surface area (Å²) in [7, 11) is 1.62. The maximum absolute atomic E-state index is 12.0. The Bertz CT molecular complexity index is 279. The molecule has 18 heavy (non-hydrogen) atoms. The predicted molar refractivity (Wildman–Crippen MR) is 70.8 cm³/mol. The number of hydrogen-bond acceptors (Lipinski definition) is 4. The number of carbonyl (C=O) groups excluding carboxylic acids is 1. The van der Waals surface area contributed by atoms with E-state index in [0.29, 0.717) is 12.4 Å². The highest BCUT2D eigenvalue weighted by molar-refractivity contribution is 7.99. The second-order valence-electron chi connectivity index (χ2n) is 4.40. The maximum Gasteiger partial charge on any atom is 0.323 e. The molecule has 0 unspecified atom stereocenters. The Kier molecular flexibility index (Phi) is 7.12. The Morgan fingerprint density at radius 1 is 1.39 bits per heavy atom. The summed E-state index contributed by atoms with van der Waals surface area (Å²) in [5.41, 5.74) is 0. The molecule has 0 spiro atoms. The minimum absolute atomic E-state index is 0.0644. The monoisotopic (exact) mass is 275 g/mol. The van der Waals surface area contributed by atoms with E-state index in [0.717, 1.165) is 31.4 Å². The lowest BCUT2D eigenvalue weighted by Crippen LogP contribution is -2.43. The van der Waals surface area contributed by atoms with Crippen LogP contribution in [-0.2, 0) is 14.3 Å². The van der Waals surface area contributed by atoms with Crippen LogP contribution >= 0.6 is 11.8 Å². The van der Waals surface area contributed by atoms with E-state index in [2.05, 4.69) is 0 Å². The number of thioether (sulfide) groups is 1. The van der Waals surface area contributed by atoms with Crippen LogP contribution in [0.15, 0.2) is 0 Å². The number of amides is 1. The number of ether oxygens (including phenoxy) is 1. The molecule has 1 amide bonds. The van der Waals surface area contributed by atoms with Crippen LogP contribution < -0.4 is 0 Å². The molecular weight excluding hydrogens is 254 g/mol. The number of carbonyl (C=O) groups is 2. The highest BCUT2D eigenvalue weighted by Gasteiger charge is 2.27. The van der Waals surface area contributed by atoms with Crippen molar-refractivity contribution in [2.45, 2.75) is 31.7 Å². The van der Waals surface area contributed by atoms with E-state index in [9.17, 15) is 9.59 Å². The third-order valence-electron chi connectivity index (χ3n) is 3.05. The van der Waals surface area contributed by atoms with E-state index in [1.165, 1.54) is 16.7 Å². The van der Waals surface area contributed by atoms with Gasteiger partial charge in [0.1, 0.15) is 6.54 Å². The Morgan fingerprint density at radius 2 is 2.06 bits per heavy atom. The number of methoxy groups -OCH3 is 1. The topological polar surface area (TPSA) is 66.8 Å². The molecule has 0 aromatic rings. The third-order valence-corrected chi connectivity index (χ3v) is 3.96. The summed E-state index contributed by atoms with van der Waals surface area (Å²) in [6, 6.07) is 0.122. The molecule has 0 aromatic heterocycles. The molecular formula is C12H21NO4S. The lowest BCUT2D eigenvalue weighted by Gasteiger charge is -2.27. The molecule has 0 radical (unpaired) electrons. The Labute approximate surface area is 112 Å². The molecule has 1 saturated carbocycles. The van der Waals surface area contributed by atoms with E-state index in [-0.39, 0.29) is 18.5 Å². The van der Waals surface area contributed by atoms with Gasteiger partial charge in [-0.1, -0.05) is 12.8 Å². The van der Waals surface area contributed by atoms with Gasteiger partial charge in [-0.3, -0.25) is 9.59 Å². The molecule has 0 aliphatic heterocycles. The average molecular weight is 275 g/mol. The van der Waals surface area contributed by atoms with Gasteiger partial charge in [0.15, 0.2) is 0 Å². The van der Waals surface area contributed by atoms with Gasteiger partial charge in [0, 0.05) is 18.9 Å². The second-order valence-corrected chi connectivity index (χ2v) is 5.50. The first-order valence-electron chi connectivity index (χ1n) is 6.23. The normalized spacial score (nSPS) is 15.8. The van der Waals surface area contributed by atoms with Crippen molar-refractivity contribution in [3.8, 4) is 0 Å². The first-order chi connectivity index (χ1) is 8.65. The largest absolute Gasteiger partial charge is 0.480 e. The number of aliphatic carboxylic acids is 1. The first kappa shape index (κ1) is 15.3. The van der Waals surface area contributed by atoms with Gasteiger partial charge >= 0.3 is 5.97 Å². The van der Waals surface area contributed by atoms with Crippen molar-refractivity contribution >= 4 is 23.6 Å². The van der Waals surface area contributed by atoms with E-state index in [4.69, 9.17) is 9.84 Å². The summed E-state index contributed by atoms with van der Waals surface area (Å²) < 4.78 is 4.91. The molecule has 5 nitrogen and oxygen atoms in total. The van der Waals surface area contributed by atoms with Gasteiger partial charge in [-0.2, -0.15) is 0 Å². The molecule has 0 heterocycles. The average Bonchev–Trinajstić information content (AvgIpc) is 2.84. The highest BCUT2D eigenvalue weighted by Crippen LogP contribution is 2.24. The molecule has 0 saturated heterocycles. The van der Waals surface area contributed by atoms with Crippen molar-refractivity contribution in [1.82, 2.24) is 4.90 Å². The maximum atomic E-state index is 12.0. The van der Waals surface area contributed by atoms with E-state index in [1.54, 1.807) is 7.11 Å². The van der Waals surface area contributed by atoms with Crippen molar-refractivity contribution in [1.29, 1.82) is 0 Å². The van der Waals surface area contributed by atoms with Gasteiger partial charge in [0.25, 0.3) is 0 Å². The van der Waals surface area contributed by atoms with Crippen LogP contribution in [0.5, 0.6) is 0 Å². The molecule has 1 fully saturated rings. The fourth-order valence-corrected chi connectivity index (χ4v) is 2.94. The number of nitrogens with zero attached hydrogens (tertiary/aromatic N) is 1. The Balaban J connectivity index is 2.42. The highest BCUT2D eigenvalue weighted by atomic mass is 32.2. The molecule has 1 rings (SSSR count). The van der Waals surface area contributed by atoms with Crippen LogP contribution in [0.2, 0.25) is 0 Å². The first-order valence-corrected chi connectivity index (χ1v) is 7.38. The SMILES string of the molecule is COCCSCC(=O)N(CC(=O)O)C1CCCC1. The Hall–Kier alpha value is -0.750. The molecule has 0 aromatic carbocycles. The minimum Gasteiger partial charge on any atom is -0.480 e. The number of carboxylic acids is 1. The fraction of sp³-hybridized carbons (Fsp3) is 0.833. The number of rotatable bonds is 8. The van der Waals surface area contributed by atoms with Gasteiger partial charge in [0.05, 0.1) is 12.4 Å². The molecule has 0 bridgehead atoms. The molecule has 104 valence electrons. The van der Waals surface area contributed by atoms with Gasteiger partial charge in [-0.05, 0) is 12.8 Å². The van der Waals surface area contributed by atoms with E-state index in [1.807, 2.05) is 0 Å². The third kappa shape index (κ3) is 5.27. The van der Waals surface area contributed by atoms with Crippen molar-refractivity contribution in [2.24, 2.45) is 0 Å². The van der Waals surface area contributed by atoms with Gasteiger partial charge < -0.3 is 14.7 Å². The van der Waals surface area contributed by atoms with Crippen LogP contribution in [0, 0.1) is 0 Å². The number of carboxylic acid groups (broad SMARTS) is 1. The van der Waals surface area contributed by atoms with Gasteiger partial charge in [-0.25, -0.2) is 0 Å². The van der Waals surface area contributed by atoms with Crippen LogP contribution in [0.3, 0.4) is 0 Å². The molecule has 1 N–H and O–H groups in total. The number of hydrogen-bond donors (Lipinski definition) is 1. The summed E-state index contributed by atoms with van der Waals surface area (Å²) in [5.74, 6) is 0.101. The van der Waals surface area contributed by atoms with E-state index < -0.39 is 5.97 Å². The molecule has 6 heteroatoms. The summed E-state index contributed by atoms with van der Waals surface area (Å²) in [4.78, 5) is 24.4. The zero-order chi connectivity index (χ0) is 13.4. The summed E-state index contributed by atoms with van der Waals surface area (Å²) in [6.07, 6.45) is 4.04. The van der Waals surface area contributed by atoms with Crippen molar-refractivity contribution < 1.29 is 19.4 Å². The van der Waals surface area contributed by atoms with Crippen LogP contribution in [0.25, 0.3) is 0 Å².